The molecule has 1 rings (SSSR count). The predicted molar refractivity (Wildman–Crippen MR) is 51.4 cm³/mol. The molecule has 5 heteroatoms. The van der Waals surface area contributed by atoms with Crippen LogP contribution in [0.4, 0.5) is 0 Å². The van der Waals surface area contributed by atoms with Crippen molar-refractivity contribution >= 4 is 11.5 Å². The number of Topliss-reactive ketones (excluding diaryl/α,β-unsaturated/α-hetero) is 1. The summed E-state index contributed by atoms with van der Waals surface area (Å²) in [5.74, 6) is -0.297. The second kappa shape index (κ2) is 4.66. The van der Waals surface area contributed by atoms with E-state index in [1.807, 2.05) is 0 Å². The SMILES string of the molecule is C=C(C(=O)C(C)COC)n1cncn1. The molecule has 0 aliphatic carbocycles. The lowest BCUT2D eigenvalue weighted by molar-refractivity contribution is -0.118. The zero-order valence-corrected chi connectivity index (χ0v) is 8.30. The van der Waals surface area contributed by atoms with Gasteiger partial charge in [-0.25, -0.2) is 9.67 Å². The molecule has 1 aromatic rings. The summed E-state index contributed by atoms with van der Waals surface area (Å²) < 4.78 is 6.24. The van der Waals surface area contributed by atoms with E-state index in [1.165, 1.54) is 17.3 Å². The quantitative estimate of drug-likeness (QED) is 0.645. The summed E-state index contributed by atoms with van der Waals surface area (Å²) in [5.41, 5.74) is 0.312. The predicted octanol–water partition coefficient (Wildman–Crippen LogP) is 0.600. The second-order valence-corrected chi connectivity index (χ2v) is 3.01. The lowest BCUT2D eigenvalue weighted by atomic mass is 10.1. The third-order valence-corrected chi connectivity index (χ3v) is 1.84. The standard InChI is InChI=1S/C9H13N3O2/c1-7(4-14-3)9(13)8(2)12-6-10-5-11-12/h5-7H,2,4H2,1,3H3. The fourth-order valence-electron chi connectivity index (χ4n) is 1.07. The van der Waals surface area contributed by atoms with Crippen molar-refractivity contribution in [1.29, 1.82) is 0 Å². The van der Waals surface area contributed by atoms with Gasteiger partial charge in [-0.2, -0.15) is 5.10 Å². The van der Waals surface area contributed by atoms with E-state index in [9.17, 15) is 4.79 Å². The minimum Gasteiger partial charge on any atom is -0.384 e. The number of allylic oxidation sites excluding steroid dienone is 1. The highest BCUT2D eigenvalue weighted by atomic mass is 16.5. The minimum absolute atomic E-state index is 0.0858. The number of hydrogen-bond acceptors (Lipinski definition) is 4. The third-order valence-electron chi connectivity index (χ3n) is 1.84. The van der Waals surface area contributed by atoms with Gasteiger partial charge in [-0.3, -0.25) is 4.79 Å². The van der Waals surface area contributed by atoms with Crippen molar-refractivity contribution in [2.75, 3.05) is 13.7 Å². The van der Waals surface area contributed by atoms with Crippen molar-refractivity contribution in [3.63, 3.8) is 0 Å². The smallest absolute Gasteiger partial charge is 0.185 e. The van der Waals surface area contributed by atoms with Gasteiger partial charge in [-0.05, 0) is 0 Å². The highest BCUT2D eigenvalue weighted by Gasteiger charge is 2.17. The Labute approximate surface area is 82.4 Å². The van der Waals surface area contributed by atoms with Gasteiger partial charge >= 0.3 is 0 Å². The Balaban J connectivity index is 2.66. The number of carbonyl (C=O) groups excluding carboxylic acids is 1. The van der Waals surface area contributed by atoms with Crippen LogP contribution in [0.25, 0.3) is 5.70 Å². The maximum atomic E-state index is 11.7. The first-order valence-corrected chi connectivity index (χ1v) is 4.24. The molecule has 0 aromatic carbocycles. The largest absolute Gasteiger partial charge is 0.384 e. The molecule has 76 valence electrons. The first-order valence-electron chi connectivity index (χ1n) is 4.24. The van der Waals surface area contributed by atoms with Gasteiger partial charge in [0, 0.05) is 13.0 Å². The van der Waals surface area contributed by atoms with E-state index < -0.39 is 0 Å². The normalized spacial score (nSPS) is 12.4. The Bertz CT molecular complexity index is 319. The topological polar surface area (TPSA) is 57.0 Å². The molecule has 1 atom stereocenters. The molecule has 0 fully saturated rings. The van der Waals surface area contributed by atoms with Crippen LogP contribution in [0.3, 0.4) is 0 Å². The van der Waals surface area contributed by atoms with Crippen LogP contribution in [0.1, 0.15) is 6.92 Å². The molecule has 0 saturated carbocycles. The molecule has 1 aromatic heterocycles. The Morgan fingerprint density at radius 1 is 1.71 bits per heavy atom. The number of ketones is 1. The van der Waals surface area contributed by atoms with Crippen molar-refractivity contribution in [3.8, 4) is 0 Å². The van der Waals surface area contributed by atoms with Gasteiger partial charge in [0.2, 0.25) is 0 Å². The van der Waals surface area contributed by atoms with Crippen molar-refractivity contribution in [2.45, 2.75) is 6.92 Å². The lowest BCUT2D eigenvalue weighted by Crippen LogP contribution is -2.20. The van der Waals surface area contributed by atoms with Crippen LogP contribution in [0.15, 0.2) is 19.2 Å². The van der Waals surface area contributed by atoms with Gasteiger partial charge < -0.3 is 4.74 Å². The fraction of sp³-hybridized carbons (Fsp3) is 0.444. The van der Waals surface area contributed by atoms with E-state index in [1.54, 1.807) is 14.0 Å². The molecule has 0 aliphatic rings. The van der Waals surface area contributed by atoms with E-state index in [4.69, 9.17) is 4.74 Å². The summed E-state index contributed by atoms with van der Waals surface area (Å²) >= 11 is 0. The molecular formula is C9H13N3O2. The molecule has 0 saturated heterocycles. The maximum Gasteiger partial charge on any atom is 0.185 e. The van der Waals surface area contributed by atoms with Crippen molar-refractivity contribution in [3.05, 3.63) is 19.2 Å². The van der Waals surface area contributed by atoms with Crippen LogP contribution in [-0.4, -0.2) is 34.3 Å². The van der Waals surface area contributed by atoms with E-state index in [0.717, 1.165) is 0 Å². The number of nitrogens with zero attached hydrogens (tertiary/aromatic N) is 3. The average molecular weight is 195 g/mol. The van der Waals surface area contributed by atoms with Crippen LogP contribution >= 0.6 is 0 Å². The first kappa shape index (κ1) is 10.6. The number of ether oxygens (including phenoxy) is 1. The summed E-state index contributed by atoms with van der Waals surface area (Å²) in [7, 11) is 1.56. The zero-order valence-electron chi connectivity index (χ0n) is 8.30. The van der Waals surface area contributed by atoms with Gasteiger partial charge in [0.05, 0.1) is 6.61 Å². The molecule has 14 heavy (non-hydrogen) atoms. The summed E-state index contributed by atoms with van der Waals surface area (Å²) in [6.45, 7) is 5.82. The van der Waals surface area contributed by atoms with Crippen LogP contribution in [0, 0.1) is 5.92 Å². The first-order chi connectivity index (χ1) is 6.66. The molecule has 5 nitrogen and oxygen atoms in total. The number of hydrogen-bond donors (Lipinski definition) is 0. The van der Waals surface area contributed by atoms with E-state index in [0.29, 0.717) is 12.3 Å². The highest BCUT2D eigenvalue weighted by Crippen LogP contribution is 2.08. The molecule has 1 unspecified atom stereocenters. The van der Waals surface area contributed by atoms with Gasteiger partial charge in [0.25, 0.3) is 0 Å². The molecule has 0 amide bonds. The zero-order chi connectivity index (χ0) is 10.6. The third kappa shape index (κ3) is 2.26. The molecule has 0 aliphatic heterocycles. The second-order valence-electron chi connectivity index (χ2n) is 3.01. The molecule has 0 radical (unpaired) electrons. The van der Waals surface area contributed by atoms with Crippen LogP contribution < -0.4 is 0 Å². The average Bonchev–Trinajstić information content (AvgIpc) is 2.68. The van der Waals surface area contributed by atoms with E-state index in [-0.39, 0.29) is 11.7 Å². The summed E-state index contributed by atoms with van der Waals surface area (Å²) in [6.07, 6.45) is 2.80. The molecule has 1 heterocycles. The summed E-state index contributed by atoms with van der Waals surface area (Å²) in [4.78, 5) is 15.4. The van der Waals surface area contributed by atoms with Crippen molar-refractivity contribution in [2.24, 2.45) is 5.92 Å². The lowest BCUT2D eigenvalue weighted by Gasteiger charge is -2.10. The maximum absolute atomic E-state index is 11.7. The number of aromatic nitrogens is 3. The molecule has 0 N–H and O–H groups in total. The van der Waals surface area contributed by atoms with Crippen LogP contribution in [-0.2, 0) is 9.53 Å². The summed E-state index contributed by atoms with van der Waals surface area (Å²) in [5, 5.41) is 3.82. The Morgan fingerprint density at radius 2 is 2.43 bits per heavy atom. The Morgan fingerprint density at radius 3 is 2.93 bits per heavy atom. The van der Waals surface area contributed by atoms with E-state index >= 15 is 0 Å². The summed E-state index contributed by atoms with van der Waals surface area (Å²) in [6, 6.07) is 0. The number of methoxy groups -OCH3 is 1. The molecular weight excluding hydrogens is 182 g/mol. The van der Waals surface area contributed by atoms with E-state index in [2.05, 4.69) is 16.7 Å². The van der Waals surface area contributed by atoms with Gasteiger partial charge in [-0.15, -0.1) is 0 Å². The van der Waals surface area contributed by atoms with Crippen LogP contribution in [0.5, 0.6) is 0 Å². The van der Waals surface area contributed by atoms with Gasteiger partial charge in [0.1, 0.15) is 18.4 Å². The highest BCUT2D eigenvalue weighted by molar-refractivity contribution is 6.15. The number of rotatable bonds is 5. The van der Waals surface area contributed by atoms with Crippen molar-refractivity contribution < 1.29 is 9.53 Å². The van der Waals surface area contributed by atoms with Crippen LogP contribution in [0.2, 0.25) is 0 Å². The van der Waals surface area contributed by atoms with Crippen molar-refractivity contribution in [1.82, 2.24) is 14.8 Å². The molecule has 0 spiro atoms. The fourth-order valence-corrected chi connectivity index (χ4v) is 1.07. The molecule has 0 bridgehead atoms. The Hall–Kier alpha value is -1.49. The minimum atomic E-state index is -0.211. The number of carbonyl (C=O) groups is 1. The monoisotopic (exact) mass is 195 g/mol. The van der Waals surface area contributed by atoms with Gasteiger partial charge in [0.15, 0.2) is 5.78 Å². The Kier molecular flexibility index (Phi) is 3.53. The van der Waals surface area contributed by atoms with Gasteiger partial charge in [-0.1, -0.05) is 13.5 Å².